The van der Waals surface area contributed by atoms with E-state index in [0.29, 0.717) is 6.04 Å². The van der Waals surface area contributed by atoms with Crippen molar-refractivity contribution < 1.29 is 4.79 Å². The molecule has 1 aromatic carbocycles. The van der Waals surface area contributed by atoms with Crippen LogP contribution in [0.4, 0.5) is 0 Å². The number of amides is 1. The SMILES string of the molecule is CCN(C(=O)c1cc2ccccc2s1)C1CCNCC1. The minimum atomic E-state index is 0.195. The summed E-state index contributed by atoms with van der Waals surface area (Å²) >= 11 is 1.61. The van der Waals surface area contributed by atoms with Gasteiger partial charge < -0.3 is 10.2 Å². The molecular formula is C16H20N2OS. The summed E-state index contributed by atoms with van der Waals surface area (Å²) in [4.78, 5) is 15.7. The molecular weight excluding hydrogens is 268 g/mol. The van der Waals surface area contributed by atoms with Gasteiger partial charge in [-0.05, 0) is 50.4 Å². The number of hydrogen-bond acceptors (Lipinski definition) is 3. The second-order valence-corrected chi connectivity index (χ2v) is 6.30. The third-order valence-electron chi connectivity index (χ3n) is 3.99. The molecule has 0 spiro atoms. The van der Waals surface area contributed by atoms with Gasteiger partial charge in [0.25, 0.3) is 5.91 Å². The summed E-state index contributed by atoms with van der Waals surface area (Å²) in [6.07, 6.45) is 2.12. The highest BCUT2D eigenvalue weighted by molar-refractivity contribution is 7.20. The van der Waals surface area contributed by atoms with Crippen LogP contribution in [0.25, 0.3) is 10.1 Å². The van der Waals surface area contributed by atoms with Gasteiger partial charge in [0.2, 0.25) is 0 Å². The van der Waals surface area contributed by atoms with Crippen LogP contribution in [0, 0.1) is 0 Å². The highest BCUT2D eigenvalue weighted by Gasteiger charge is 2.25. The van der Waals surface area contributed by atoms with E-state index in [4.69, 9.17) is 0 Å². The van der Waals surface area contributed by atoms with Crippen molar-refractivity contribution in [1.82, 2.24) is 10.2 Å². The van der Waals surface area contributed by atoms with E-state index in [1.807, 2.05) is 23.1 Å². The second kappa shape index (κ2) is 5.94. The van der Waals surface area contributed by atoms with Gasteiger partial charge in [-0.3, -0.25) is 4.79 Å². The quantitative estimate of drug-likeness (QED) is 0.941. The van der Waals surface area contributed by atoms with Gasteiger partial charge >= 0.3 is 0 Å². The minimum absolute atomic E-state index is 0.195. The third-order valence-corrected chi connectivity index (χ3v) is 5.09. The predicted molar refractivity (Wildman–Crippen MR) is 84.4 cm³/mol. The summed E-state index contributed by atoms with van der Waals surface area (Å²) < 4.78 is 1.19. The molecule has 0 aliphatic carbocycles. The zero-order chi connectivity index (χ0) is 13.9. The molecule has 2 aromatic rings. The van der Waals surface area contributed by atoms with Crippen LogP contribution in [0.3, 0.4) is 0 Å². The van der Waals surface area contributed by atoms with Crippen molar-refractivity contribution in [3.05, 3.63) is 35.2 Å². The average molecular weight is 288 g/mol. The van der Waals surface area contributed by atoms with Crippen LogP contribution in [0.2, 0.25) is 0 Å². The van der Waals surface area contributed by atoms with Crippen LogP contribution in [0.5, 0.6) is 0 Å². The fraction of sp³-hybridized carbons (Fsp3) is 0.438. The molecule has 3 nitrogen and oxygen atoms in total. The maximum absolute atomic E-state index is 12.8. The van der Waals surface area contributed by atoms with E-state index < -0.39 is 0 Å². The van der Waals surface area contributed by atoms with Crippen LogP contribution in [0.15, 0.2) is 30.3 Å². The normalized spacial score (nSPS) is 16.4. The summed E-state index contributed by atoms with van der Waals surface area (Å²) in [5, 5.41) is 4.53. The van der Waals surface area contributed by atoms with E-state index in [1.165, 1.54) is 10.1 Å². The molecule has 1 aliphatic rings. The number of thiophene rings is 1. The molecule has 3 rings (SSSR count). The lowest BCUT2D eigenvalue weighted by atomic mass is 10.0. The molecule has 0 unspecified atom stereocenters. The molecule has 4 heteroatoms. The highest BCUT2D eigenvalue weighted by Crippen LogP contribution is 2.27. The molecule has 0 atom stereocenters. The van der Waals surface area contributed by atoms with Gasteiger partial charge in [0.05, 0.1) is 4.88 Å². The van der Waals surface area contributed by atoms with Crippen LogP contribution >= 0.6 is 11.3 Å². The van der Waals surface area contributed by atoms with Crippen LogP contribution in [-0.2, 0) is 0 Å². The first-order chi connectivity index (χ1) is 9.79. The molecule has 2 heterocycles. The fourth-order valence-corrected chi connectivity index (χ4v) is 3.93. The lowest BCUT2D eigenvalue weighted by molar-refractivity contribution is 0.0661. The Bertz CT molecular complexity index is 568. The minimum Gasteiger partial charge on any atom is -0.335 e. The van der Waals surface area contributed by atoms with Crippen molar-refractivity contribution in [1.29, 1.82) is 0 Å². The van der Waals surface area contributed by atoms with E-state index in [9.17, 15) is 4.79 Å². The summed E-state index contributed by atoms with van der Waals surface area (Å²) in [7, 11) is 0. The summed E-state index contributed by atoms with van der Waals surface area (Å²) in [5.74, 6) is 0.195. The van der Waals surface area contributed by atoms with E-state index in [-0.39, 0.29) is 5.91 Å². The molecule has 1 amide bonds. The molecule has 1 aliphatic heterocycles. The number of nitrogens with one attached hydrogen (secondary N) is 1. The molecule has 0 saturated carbocycles. The maximum atomic E-state index is 12.8. The maximum Gasteiger partial charge on any atom is 0.264 e. The van der Waals surface area contributed by atoms with Gasteiger partial charge in [0.15, 0.2) is 0 Å². The van der Waals surface area contributed by atoms with Gasteiger partial charge in [-0.2, -0.15) is 0 Å². The monoisotopic (exact) mass is 288 g/mol. The zero-order valence-electron chi connectivity index (χ0n) is 11.8. The predicted octanol–water partition coefficient (Wildman–Crippen LogP) is 3.12. The van der Waals surface area contributed by atoms with E-state index in [2.05, 4.69) is 24.4 Å². The van der Waals surface area contributed by atoms with Crippen LogP contribution < -0.4 is 5.32 Å². The van der Waals surface area contributed by atoms with E-state index in [1.54, 1.807) is 11.3 Å². The molecule has 0 bridgehead atoms. The van der Waals surface area contributed by atoms with Gasteiger partial charge in [-0.1, -0.05) is 18.2 Å². The summed E-state index contributed by atoms with van der Waals surface area (Å²) in [5.41, 5.74) is 0. The topological polar surface area (TPSA) is 32.3 Å². The number of carbonyl (C=O) groups is 1. The molecule has 0 radical (unpaired) electrons. The Morgan fingerprint density at radius 2 is 2.10 bits per heavy atom. The zero-order valence-corrected chi connectivity index (χ0v) is 12.6. The standard InChI is InChI=1S/C16H20N2OS/c1-2-18(13-7-9-17-10-8-13)16(19)15-11-12-5-3-4-6-14(12)20-15/h3-6,11,13,17H,2,7-10H2,1H3. The number of piperidine rings is 1. The summed E-state index contributed by atoms with van der Waals surface area (Å²) in [6.45, 7) is 4.90. The molecule has 106 valence electrons. The number of benzene rings is 1. The van der Waals surface area contributed by atoms with Crippen molar-refractivity contribution in [2.45, 2.75) is 25.8 Å². The van der Waals surface area contributed by atoms with Gasteiger partial charge in [0, 0.05) is 17.3 Å². The van der Waals surface area contributed by atoms with Gasteiger partial charge in [0.1, 0.15) is 0 Å². The van der Waals surface area contributed by atoms with E-state index in [0.717, 1.165) is 37.4 Å². The van der Waals surface area contributed by atoms with E-state index >= 15 is 0 Å². The Morgan fingerprint density at radius 1 is 1.35 bits per heavy atom. The lowest BCUT2D eigenvalue weighted by Crippen LogP contribution is -2.45. The van der Waals surface area contributed by atoms with Crippen molar-refractivity contribution in [3.63, 3.8) is 0 Å². The molecule has 1 fully saturated rings. The largest absolute Gasteiger partial charge is 0.335 e. The Morgan fingerprint density at radius 3 is 2.80 bits per heavy atom. The number of hydrogen-bond donors (Lipinski definition) is 1. The van der Waals surface area contributed by atoms with Gasteiger partial charge in [-0.25, -0.2) is 0 Å². The number of carbonyl (C=O) groups excluding carboxylic acids is 1. The van der Waals surface area contributed by atoms with Gasteiger partial charge in [-0.15, -0.1) is 11.3 Å². The van der Waals surface area contributed by atoms with Crippen molar-refractivity contribution in [3.8, 4) is 0 Å². The second-order valence-electron chi connectivity index (χ2n) is 5.22. The Hall–Kier alpha value is -1.39. The molecule has 1 aromatic heterocycles. The number of nitrogens with zero attached hydrogens (tertiary/aromatic N) is 1. The fourth-order valence-electron chi connectivity index (χ4n) is 2.91. The lowest BCUT2D eigenvalue weighted by Gasteiger charge is -2.33. The molecule has 1 N–H and O–H groups in total. The van der Waals surface area contributed by atoms with Crippen LogP contribution in [0.1, 0.15) is 29.4 Å². The third kappa shape index (κ3) is 2.58. The first kappa shape index (κ1) is 13.6. The first-order valence-electron chi connectivity index (χ1n) is 7.30. The average Bonchev–Trinajstić information content (AvgIpc) is 2.93. The van der Waals surface area contributed by atoms with Crippen molar-refractivity contribution >= 4 is 27.3 Å². The van der Waals surface area contributed by atoms with Crippen molar-refractivity contribution in [2.24, 2.45) is 0 Å². The Labute approximate surface area is 123 Å². The smallest absolute Gasteiger partial charge is 0.264 e. The summed E-state index contributed by atoms with van der Waals surface area (Å²) in [6, 6.07) is 10.6. The highest BCUT2D eigenvalue weighted by atomic mass is 32.1. The molecule has 1 saturated heterocycles. The molecule has 20 heavy (non-hydrogen) atoms. The number of fused-ring (bicyclic) bond motifs is 1. The van der Waals surface area contributed by atoms with Crippen molar-refractivity contribution in [2.75, 3.05) is 19.6 Å². The Balaban J connectivity index is 1.85. The number of rotatable bonds is 3. The van der Waals surface area contributed by atoms with Crippen LogP contribution in [-0.4, -0.2) is 36.5 Å². The Kier molecular flexibility index (Phi) is 4.03. The first-order valence-corrected chi connectivity index (χ1v) is 8.11.